The Morgan fingerprint density at radius 2 is 0.786 bits per heavy atom. The Kier molecular flexibility index (Phi) is 18.4. The summed E-state index contributed by atoms with van der Waals surface area (Å²) >= 11 is 0. The van der Waals surface area contributed by atoms with E-state index in [1.807, 2.05) is 0 Å². The number of carbonyl (C=O) groups excluding carboxylic acids is 1. The first-order valence-corrected chi connectivity index (χ1v) is 19.7. The highest BCUT2D eigenvalue weighted by Gasteiger charge is 2.20. The van der Waals surface area contributed by atoms with E-state index in [-0.39, 0.29) is 47.0 Å². The molecule has 0 aliphatic heterocycles. The molecule has 0 radical (unpaired) electrons. The lowest BCUT2D eigenvalue weighted by molar-refractivity contribution is -0.119. The lowest BCUT2D eigenvalue weighted by Gasteiger charge is -2.11. The van der Waals surface area contributed by atoms with Crippen LogP contribution in [0.2, 0.25) is 0 Å². The van der Waals surface area contributed by atoms with Gasteiger partial charge in [-0.15, -0.1) is 0 Å². The summed E-state index contributed by atoms with van der Waals surface area (Å²) in [5.41, 5.74) is -0.489. The fraction of sp³-hybridized carbons (Fsp3) is 0.444. The van der Waals surface area contributed by atoms with Crippen LogP contribution in [0, 0.1) is 34.9 Å². The third-order valence-electron chi connectivity index (χ3n) is 9.39. The van der Waals surface area contributed by atoms with Crippen LogP contribution in [-0.2, 0) is 4.79 Å². The van der Waals surface area contributed by atoms with Crippen molar-refractivity contribution < 1.29 is 50.1 Å². The minimum Gasteiger partial charge on any atom is -0.493 e. The molecule has 4 rings (SSSR count). The predicted octanol–water partition coefficient (Wildman–Crippen LogP) is 13.1. The zero-order valence-electron chi connectivity index (χ0n) is 32.3. The molecule has 0 spiro atoms. The van der Waals surface area contributed by atoms with Crippen LogP contribution in [0.4, 0.5) is 26.3 Å². The van der Waals surface area contributed by atoms with Crippen LogP contribution in [0.3, 0.4) is 0 Å². The van der Waals surface area contributed by atoms with Gasteiger partial charge in [0.15, 0.2) is 23.1 Å². The molecule has 0 saturated heterocycles. The fourth-order valence-corrected chi connectivity index (χ4v) is 6.39. The van der Waals surface area contributed by atoms with Crippen molar-refractivity contribution in [3.63, 3.8) is 0 Å². The molecule has 0 bridgehead atoms. The number of ether oxygens (including phenoxy) is 4. The number of rotatable bonds is 26. The van der Waals surface area contributed by atoms with Gasteiger partial charge in [0.1, 0.15) is 28.9 Å². The lowest BCUT2D eigenvalue weighted by Crippen LogP contribution is -2.01. The summed E-state index contributed by atoms with van der Waals surface area (Å²) in [6.45, 7) is 4.51. The average Bonchev–Trinajstić information content (AvgIpc) is 3.18. The Bertz CT molecular complexity index is 1720. The molecule has 0 heterocycles. The van der Waals surface area contributed by atoms with Crippen LogP contribution in [0.15, 0.2) is 60.7 Å². The quantitative estimate of drug-likeness (QED) is 0.0469. The second-order valence-corrected chi connectivity index (χ2v) is 13.6. The number of hydrogen-bond donors (Lipinski definition) is 0. The van der Waals surface area contributed by atoms with Gasteiger partial charge in [0.25, 0.3) is 0 Å². The maximum atomic E-state index is 14.7. The highest BCUT2D eigenvalue weighted by molar-refractivity contribution is 5.78. The second-order valence-electron chi connectivity index (χ2n) is 13.6. The van der Waals surface area contributed by atoms with Crippen molar-refractivity contribution in [2.75, 3.05) is 26.4 Å². The minimum atomic E-state index is -1.16. The van der Waals surface area contributed by atoms with E-state index in [1.165, 1.54) is 60.7 Å². The molecule has 0 aromatic heterocycles. The Balaban J connectivity index is 0.971. The summed E-state index contributed by atoms with van der Waals surface area (Å²) in [5.74, 6) is -5.53. The average molecular weight is 787 g/mol. The van der Waals surface area contributed by atoms with Crippen molar-refractivity contribution in [2.45, 2.75) is 104 Å². The molecule has 0 saturated carbocycles. The summed E-state index contributed by atoms with van der Waals surface area (Å²) < 4.78 is 108. The first-order chi connectivity index (χ1) is 27.1. The van der Waals surface area contributed by atoms with Crippen molar-refractivity contribution >= 4 is 5.78 Å². The van der Waals surface area contributed by atoms with Gasteiger partial charge >= 0.3 is 0 Å². The van der Waals surface area contributed by atoms with Crippen LogP contribution >= 0.6 is 0 Å². The van der Waals surface area contributed by atoms with Gasteiger partial charge in [0, 0.05) is 47.2 Å². The third-order valence-corrected chi connectivity index (χ3v) is 9.39. The van der Waals surface area contributed by atoms with Gasteiger partial charge in [-0.3, -0.25) is 4.79 Å². The molecule has 0 N–H and O–H groups in total. The zero-order chi connectivity index (χ0) is 40.3. The van der Waals surface area contributed by atoms with E-state index < -0.39 is 34.9 Å². The molecule has 0 aliphatic rings. The standard InChI is InChI=1S/C45H52F6O5/c1-3-53-40-25-23-36(42(48)44(40)50)34-21-19-32(29-38(34)46)55-27-15-11-7-5-9-13-17-31(52)18-14-10-6-8-12-16-28-56-33-20-22-35(39(47)30-33)37-24-26-41(54-4-2)45(51)43(37)49/h19-26,29-30H,3-18,27-28H2,1-2H3. The summed E-state index contributed by atoms with van der Waals surface area (Å²) in [6.07, 6.45) is 12.5. The lowest BCUT2D eigenvalue weighted by atomic mass is 10.0. The largest absolute Gasteiger partial charge is 0.493 e. The molecule has 0 aliphatic carbocycles. The molecule has 304 valence electrons. The molecule has 0 amide bonds. The summed E-state index contributed by atoms with van der Waals surface area (Å²) in [4.78, 5) is 12.3. The number of halogens is 6. The van der Waals surface area contributed by atoms with E-state index in [0.717, 1.165) is 77.0 Å². The molecule has 4 aromatic rings. The molecular weight excluding hydrogens is 734 g/mol. The topological polar surface area (TPSA) is 54.0 Å². The molecule has 5 nitrogen and oxygen atoms in total. The zero-order valence-corrected chi connectivity index (χ0v) is 32.3. The van der Waals surface area contributed by atoms with Crippen molar-refractivity contribution in [1.29, 1.82) is 0 Å². The van der Waals surface area contributed by atoms with Gasteiger partial charge in [-0.2, -0.15) is 8.78 Å². The molecule has 4 aromatic carbocycles. The van der Waals surface area contributed by atoms with Crippen LogP contribution in [0.5, 0.6) is 23.0 Å². The fourth-order valence-electron chi connectivity index (χ4n) is 6.39. The number of Topliss-reactive ketones (excluding diaryl/α,β-unsaturated/α-hetero) is 1. The molecule has 11 heteroatoms. The molecule has 0 atom stereocenters. The van der Waals surface area contributed by atoms with Gasteiger partial charge in [-0.1, -0.05) is 51.4 Å². The minimum absolute atomic E-state index is 0.0593. The van der Waals surface area contributed by atoms with Crippen LogP contribution < -0.4 is 18.9 Å². The Labute approximate surface area is 326 Å². The van der Waals surface area contributed by atoms with E-state index in [0.29, 0.717) is 43.3 Å². The van der Waals surface area contributed by atoms with Crippen molar-refractivity contribution in [3.8, 4) is 45.3 Å². The number of unbranched alkanes of at least 4 members (excludes halogenated alkanes) is 10. The Morgan fingerprint density at radius 1 is 0.429 bits per heavy atom. The van der Waals surface area contributed by atoms with Crippen LogP contribution in [0.1, 0.15) is 104 Å². The van der Waals surface area contributed by atoms with E-state index >= 15 is 0 Å². The Hall–Kier alpha value is -4.67. The predicted molar refractivity (Wildman–Crippen MR) is 206 cm³/mol. The number of hydrogen-bond acceptors (Lipinski definition) is 5. The highest BCUT2D eigenvalue weighted by atomic mass is 19.2. The van der Waals surface area contributed by atoms with E-state index in [1.54, 1.807) is 13.8 Å². The van der Waals surface area contributed by atoms with Gasteiger partial charge in [-0.25, -0.2) is 17.6 Å². The van der Waals surface area contributed by atoms with Crippen molar-refractivity contribution in [1.82, 2.24) is 0 Å². The van der Waals surface area contributed by atoms with Crippen molar-refractivity contribution in [3.05, 3.63) is 95.6 Å². The smallest absolute Gasteiger partial charge is 0.201 e. The molecular formula is C45H52F6O5. The van der Waals surface area contributed by atoms with Gasteiger partial charge in [-0.05, 0) is 88.1 Å². The van der Waals surface area contributed by atoms with Crippen LogP contribution in [0.25, 0.3) is 22.3 Å². The summed E-state index contributed by atoms with van der Waals surface area (Å²) in [7, 11) is 0. The Morgan fingerprint density at radius 3 is 1.16 bits per heavy atom. The number of ketones is 1. The van der Waals surface area contributed by atoms with Gasteiger partial charge < -0.3 is 18.9 Å². The van der Waals surface area contributed by atoms with Gasteiger partial charge in [0.2, 0.25) is 11.6 Å². The first-order valence-electron chi connectivity index (χ1n) is 19.7. The molecule has 0 unspecified atom stereocenters. The third kappa shape index (κ3) is 13.2. The van der Waals surface area contributed by atoms with Crippen LogP contribution in [-0.4, -0.2) is 32.2 Å². The van der Waals surface area contributed by atoms with E-state index in [4.69, 9.17) is 18.9 Å². The monoisotopic (exact) mass is 786 g/mol. The normalized spacial score (nSPS) is 11.1. The second kappa shape index (κ2) is 23.4. The number of benzene rings is 4. The highest BCUT2D eigenvalue weighted by Crippen LogP contribution is 2.34. The van der Waals surface area contributed by atoms with E-state index in [9.17, 15) is 31.1 Å². The summed E-state index contributed by atoms with van der Waals surface area (Å²) in [6, 6.07) is 13.3. The van der Waals surface area contributed by atoms with Gasteiger partial charge in [0.05, 0.1) is 26.4 Å². The summed E-state index contributed by atoms with van der Waals surface area (Å²) in [5, 5.41) is 0. The van der Waals surface area contributed by atoms with Crippen molar-refractivity contribution in [2.24, 2.45) is 0 Å². The number of carbonyl (C=O) groups is 1. The SMILES string of the molecule is CCOc1ccc(-c2ccc(OCCCCCCCCC(=O)CCCCCCCCOc3ccc(-c4ccc(OCC)c(F)c4F)c(F)c3)cc2F)c(F)c1F. The maximum absolute atomic E-state index is 14.7. The first kappa shape index (κ1) is 44.0. The molecule has 56 heavy (non-hydrogen) atoms. The molecule has 0 fully saturated rings. The van der Waals surface area contributed by atoms with E-state index in [2.05, 4.69) is 0 Å². The maximum Gasteiger partial charge on any atom is 0.201 e.